The van der Waals surface area contributed by atoms with Gasteiger partial charge in [-0.2, -0.15) is 0 Å². The number of hydrogen-bond acceptors (Lipinski definition) is 11. The molecule has 0 amide bonds. The number of unbranched alkanes of at least 4 members (excludes halogenated alkanes) is 31. The molecule has 0 aromatic heterocycles. The first kappa shape index (κ1) is 73.4. The number of carbonyl (C=O) groups is 4. The van der Waals surface area contributed by atoms with Crippen LogP contribution in [-0.4, -0.2) is 89.2 Å². The van der Waals surface area contributed by atoms with Crippen LogP contribution in [0.2, 0.25) is 0 Å². The first-order chi connectivity index (χ1) is 38.6. The summed E-state index contributed by atoms with van der Waals surface area (Å²) < 4.78 is 28.5. The first-order valence-corrected chi connectivity index (χ1v) is 32.3. The summed E-state index contributed by atoms with van der Waals surface area (Å²) in [6, 6.07) is 0. The van der Waals surface area contributed by atoms with Gasteiger partial charge >= 0.3 is 23.9 Å². The zero-order valence-electron chi connectivity index (χ0n) is 50.4. The summed E-state index contributed by atoms with van der Waals surface area (Å²) in [5.41, 5.74) is 0. The Balaban J connectivity index is 2.61. The minimum atomic E-state index is -1.90. The molecule has 1 fully saturated rings. The Morgan fingerprint density at radius 2 is 0.810 bits per heavy atom. The molecule has 456 valence electrons. The van der Waals surface area contributed by atoms with E-state index in [1.165, 1.54) is 103 Å². The SMILES string of the molecule is CC/C=C\C/C=C\C/C=C\C/C=C\CCCCCCCCC(=O)OCC(COC1OC(C(=O)O)C(O)C(O)C1OC(=O)CCCCCCCCCCCCCCCCCCCCC)OC(=O)CCCCCCC/C=C\CCCC. The average molecular weight is 1110 g/mol. The summed E-state index contributed by atoms with van der Waals surface area (Å²) in [4.78, 5) is 51.2. The molecule has 0 aromatic carbocycles. The predicted molar refractivity (Wildman–Crippen MR) is 322 cm³/mol. The molecule has 0 saturated carbocycles. The smallest absolute Gasteiger partial charge is 0.335 e. The summed E-state index contributed by atoms with van der Waals surface area (Å²) in [5, 5.41) is 31.6. The number of carboxylic acids is 1. The molecule has 0 aliphatic carbocycles. The summed E-state index contributed by atoms with van der Waals surface area (Å²) in [7, 11) is 0. The lowest BCUT2D eigenvalue weighted by molar-refractivity contribution is -0.301. The maximum absolute atomic E-state index is 13.1. The van der Waals surface area contributed by atoms with E-state index in [9.17, 15) is 34.5 Å². The van der Waals surface area contributed by atoms with E-state index in [1.54, 1.807) is 0 Å². The summed E-state index contributed by atoms with van der Waals surface area (Å²) in [6.07, 6.45) is 56.2. The van der Waals surface area contributed by atoms with Crippen molar-refractivity contribution < 1.29 is 58.2 Å². The van der Waals surface area contributed by atoms with Crippen molar-refractivity contribution in [3.05, 3.63) is 60.8 Å². The van der Waals surface area contributed by atoms with E-state index in [0.717, 1.165) is 128 Å². The van der Waals surface area contributed by atoms with Gasteiger partial charge in [-0.25, -0.2) is 4.79 Å². The monoisotopic (exact) mass is 1110 g/mol. The summed E-state index contributed by atoms with van der Waals surface area (Å²) >= 11 is 0. The lowest BCUT2D eigenvalue weighted by Crippen LogP contribution is -2.61. The Hall–Kier alpha value is -3.58. The van der Waals surface area contributed by atoms with Crippen molar-refractivity contribution in [1.29, 1.82) is 0 Å². The Labute approximate surface area is 481 Å². The van der Waals surface area contributed by atoms with Gasteiger partial charge in [-0.15, -0.1) is 0 Å². The molecule has 1 saturated heterocycles. The predicted octanol–water partition coefficient (Wildman–Crippen LogP) is 17.1. The fourth-order valence-corrected chi connectivity index (χ4v) is 9.64. The third-order valence-electron chi connectivity index (χ3n) is 14.6. The van der Waals surface area contributed by atoms with Crippen LogP contribution < -0.4 is 0 Å². The Bertz CT molecular complexity index is 1600. The molecule has 12 nitrogen and oxygen atoms in total. The number of rotatable bonds is 55. The van der Waals surface area contributed by atoms with E-state index in [-0.39, 0.29) is 25.9 Å². The van der Waals surface area contributed by atoms with Crippen LogP contribution in [0.25, 0.3) is 0 Å². The number of esters is 3. The molecule has 12 heteroatoms. The quantitative estimate of drug-likeness (QED) is 0.0228. The normalized spacial score (nSPS) is 18.2. The van der Waals surface area contributed by atoms with Crippen molar-refractivity contribution >= 4 is 23.9 Å². The number of allylic oxidation sites excluding steroid dienone is 10. The van der Waals surface area contributed by atoms with E-state index >= 15 is 0 Å². The number of carboxylic acid groups (broad SMARTS) is 1. The van der Waals surface area contributed by atoms with Gasteiger partial charge in [0.1, 0.15) is 18.8 Å². The van der Waals surface area contributed by atoms with Crippen LogP contribution in [0.3, 0.4) is 0 Å². The number of hydrogen-bond donors (Lipinski definition) is 3. The second-order valence-corrected chi connectivity index (χ2v) is 22.0. The van der Waals surface area contributed by atoms with Gasteiger partial charge in [-0.1, -0.05) is 255 Å². The van der Waals surface area contributed by atoms with Crippen LogP contribution in [0.5, 0.6) is 0 Å². The molecule has 1 rings (SSSR count). The molecule has 0 aromatic rings. The Kier molecular flexibility index (Phi) is 51.1. The van der Waals surface area contributed by atoms with Crippen molar-refractivity contribution in [2.45, 2.75) is 327 Å². The number of aliphatic carboxylic acids is 1. The van der Waals surface area contributed by atoms with E-state index < -0.39 is 67.3 Å². The lowest BCUT2D eigenvalue weighted by atomic mass is 9.98. The van der Waals surface area contributed by atoms with E-state index in [1.807, 2.05) is 0 Å². The van der Waals surface area contributed by atoms with Crippen LogP contribution >= 0.6 is 0 Å². The fourth-order valence-electron chi connectivity index (χ4n) is 9.64. The number of carbonyl (C=O) groups excluding carboxylic acids is 3. The number of ether oxygens (including phenoxy) is 5. The molecular weight excluding hydrogens is 997 g/mol. The molecule has 1 heterocycles. The van der Waals surface area contributed by atoms with Crippen molar-refractivity contribution in [3.8, 4) is 0 Å². The molecule has 0 radical (unpaired) electrons. The van der Waals surface area contributed by atoms with Gasteiger partial charge in [0, 0.05) is 19.3 Å². The maximum atomic E-state index is 13.1. The van der Waals surface area contributed by atoms with Gasteiger partial charge in [-0.05, 0) is 77.0 Å². The highest BCUT2D eigenvalue weighted by Crippen LogP contribution is 2.27. The third kappa shape index (κ3) is 44.7. The third-order valence-corrected chi connectivity index (χ3v) is 14.6. The zero-order valence-corrected chi connectivity index (χ0v) is 50.4. The van der Waals surface area contributed by atoms with Gasteiger partial charge in [0.05, 0.1) is 6.61 Å². The summed E-state index contributed by atoms with van der Waals surface area (Å²) in [5.74, 6) is -3.13. The molecular formula is C67H116O12. The van der Waals surface area contributed by atoms with Crippen LogP contribution in [0.1, 0.15) is 290 Å². The van der Waals surface area contributed by atoms with Crippen LogP contribution in [0.4, 0.5) is 0 Å². The van der Waals surface area contributed by atoms with Gasteiger partial charge < -0.3 is 39.0 Å². The molecule has 0 spiro atoms. The van der Waals surface area contributed by atoms with Crippen molar-refractivity contribution in [2.75, 3.05) is 13.2 Å². The Morgan fingerprint density at radius 3 is 1.27 bits per heavy atom. The lowest BCUT2D eigenvalue weighted by Gasteiger charge is -2.40. The van der Waals surface area contributed by atoms with Crippen molar-refractivity contribution in [3.63, 3.8) is 0 Å². The molecule has 0 bridgehead atoms. The highest BCUT2D eigenvalue weighted by molar-refractivity contribution is 5.74. The van der Waals surface area contributed by atoms with Gasteiger partial charge in [0.2, 0.25) is 0 Å². The van der Waals surface area contributed by atoms with Gasteiger partial charge in [0.25, 0.3) is 0 Å². The zero-order chi connectivity index (χ0) is 57.5. The Morgan fingerprint density at radius 1 is 0.430 bits per heavy atom. The van der Waals surface area contributed by atoms with Crippen molar-refractivity contribution in [2.24, 2.45) is 0 Å². The van der Waals surface area contributed by atoms with Crippen LogP contribution in [0.15, 0.2) is 60.8 Å². The standard InChI is InChI=1S/C67H116O12/c1-4-7-10-13-16-19-22-24-26-28-30-32-34-36-39-41-44-47-50-53-59(68)75-56-58(77-60(69)54-51-48-45-42-38-21-18-15-12-9-6-3)57-76-67-65(63(72)62(71)64(79-67)66(73)74)78-61(70)55-52-49-46-43-40-37-35-33-31-29-27-25-23-20-17-14-11-8-5-2/h7,10,15-16,18-19,24,26,30,32,58,62-65,67,71-72H,4-6,8-9,11-14,17,20-23,25,27-29,31,33-57H2,1-3H3,(H,73,74)/b10-7-,18-15-,19-16-,26-24-,32-30-. The molecule has 6 unspecified atom stereocenters. The maximum Gasteiger partial charge on any atom is 0.335 e. The molecule has 1 aliphatic rings. The van der Waals surface area contributed by atoms with Crippen molar-refractivity contribution in [1.82, 2.24) is 0 Å². The van der Waals surface area contributed by atoms with Crippen LogP contribution in [0, 0.1) is 0 Å². The first-order valence-electron chi connectivity index (χ1n) is 32.3. The summed E-state index contributed by atoms with van der Waals surface area (Å²) in [6.45, 7) is 5.86. The molecule has 3 N–H and O–H groups in total. The fraction of sp³-hybridized carbons (Fsp3) is 0.791. The number of aliphatic hydroxyl groups excluding tert-OH is 2. The highest BCUT2D eigenvalue weighted by atomic mass is 16.7. The van der Waals surface area contributed by atoms with E-state index in [4.69, 9.17) is 23.7 Å². The van der Waals surface area contributed by atoms with E-state index in [0.29, 0.717) is 19.3 Å². The van der Waals surface area contributed by atoms with Crippen LogP contribution in [-0.2, 0) is 42.9 Å². The van der Waals surface area contributed by atoms with Gasteiger partial charge in [-0.3, -0.25) is 14.4 Å². The second kappa shape index (κ2) is 55.0. The largest absolute Gasteiger partial charge is 0.479 e. The van der Waals surface area contributed by atoms with Gasteiger partial charge in [0.15, 0.2) is 24.6 Å². The highest BCUT2D eigenvalue weighted by Gasteiger charge is 2.50. The second-order valence-electron chi connectivity index (χ2n) is 22.0. The topological polar surface area (TPSA) is 175 Å². The molecule has 1 aliphatic heterocycles. The van der Waals surface area contributed by atoms with E-state index in [2.05, 4.69) is 81.5 Å². The molecule has 79 heavy (non-hydrogen) atoms. The number of aliphatic hydroxyl groups is 2. The average Bonchev–Trinajstić information content (AvgIpc) is 3.48. The molecule has 6 atom stereocenters. The minimum Gasteiger partial charge on any atom is -0.479 e. The minimum absolute atomic E-state index is 0.0617.